The van der Waals surface area contributed by atoms with Crippen molar-refractivity contribution in [2.75, 3.05) is 7.11 Å². The van der Waals surface area contributed by atoms with E-state index in [-0.39, 0.29) is 12.2 Å². The van der Waals surface area contributed by atoms with Gasteiger partial charge >= 0.3 is 0 Å². The summed E-state index contributed by atoms with van der Waals surface area (Å²) in [6, 6.07) is 6.64. The minimum atomic E-state index is -0.124. The van der Waals surface area contributed by atoms with Gasteiger partial charge in [-0.2, -0.15) is 0 Å². The van der Waals surface area contributed by atoms with E-state index in [9.17, 15) is 4.79 Å². The van der Waals surface area contributed by atoms with Crippen molar-refractivity contribution in [3.63, 3.8) is 0 Å². The van der Waals surface area contributed by atoms with Gasteiger partial charge in [-0.05, 0) is 24.3 Å². The van der Waals surface area contributed by atoms with E-state index in [2.05, 4.69) is 9.97 Å². The molecule has 92 valence electrons. The first kappa shape index (κ1) is 12.5. The van der Waals surface area contributed by atoms with Gasteiger partial charge < -0.3 is 4.74 Å². The average molecular weight is 263 g/mol. The largest absolute Gasteiger partial charge is 0.496 e. The minimum absolute atomic E-state index is 0.123. The van der Waals surface area contributed by atoms with Crippen molar-refractivity contribution in [2.24, 2.45) is 0 Å². The molecule has 0 radical (unpaired) electrons. The summed E-state index contributed by atoms with van der Waals surface area (Å²) in [5.41, 5.74) is 0.442. The van der Waals surface area contributed by atoms with E-state index in [4.69, 9.17) is 16.3 Å². The number of methoxy groups -OCH3 is 1. The lowest BCUT2D eigenvalue weighted by Crippen LogP contribution is -2.08. The smallest absolute Gasteiger partial charge is 0.174 e. The second-order valence-electron chi connectivity index (χ2n) is 3.61. The third-order valence-corrected chi connectivity index (χ3v) is 2.63. The maximum Gasteiger partial charge on any atom is 0.174 e. The molecule has 2 rings (SSSR count). The third kappa shape index (κ3) is 2.84. The molecule has 0 N–H and O–H groups in total. The topological polar surface area (TPSA) is 52.1 Å². The fraction of sp³-hybridized carbons (Fsp3) is 0.154. The number of carbonyl (C=O) groups excluding carboxylic acids is 1. The second-order valence-corrected chi connectivity index (χ2v) is 4.05. The van der Waals surface area contributed by atoms with Crippen molar-refractivity contribution in [2.45, 2.75) is 6.42 Å². The highest BCUT2D eigenvalue weighted by atomic mass is 35.5. The lowest BCUT2D eigenvalue weighted by atomic mass is 10.1. The van der Waals surface area contributed by atoms with E-state index in [0.717, 1.165) is 0 Å². The Morgan fingerprint density at radius 3 is 2.72 bits per heavy atom. The Balaban J connectivity index is 2.26. The molecule has 2 aromatic rings. The van der Waals surface area contributed by atoms with E-state index in [0.29, 0.717) is 22.2 Å². The van der Waals surface area contributed by atoms with Crippen LogP contribution in [0.5, 0.6) is 5.75 Å². The first-order valence-corrected chi connectivity index (χ1v) is 5.71. The highest BCUT2D eigenvalue weighted by Gasteiger charge is 2.14. The fourth-order valence-corrected chi connectivity index (χ4v) is 1.73. The van der Waals surface area contributed by atoms with Gasteiger partial charge in [-0.1, -0.05) is 11.6 Å². The van der Waals surface area contributed by atoms with Crippen LogP contribution in [0, 0.1) is 0 Å². The van der Waals surface area contributed by atoms with Gasteiger partial charge in [-0.3, -0.25) is 4.79 Å². The summed E-state index contributed by atoms with van der Waals surface area (Å²) in [6.07, 6.45) is 3.33. The van der Waals surface area contributed by atoms with Crippen molar-refractivity contribution in [3.8, 4) is 5.75 Å². The van der Waals surface area contributed by atoms with Crippen LogP contribution in [0.1, 0.15) is 16.2 Å². The van der Waals surface area contributed by atoms with E-state index >= 15 is 0 Å². The van der Waals surface area contributed by atoms with Gasteiger partial charge in [0.05, 0.1) is 19.1 Å². The number of ketones is 1. The monoisotopic (exact) mass is 262 g/mol. The number of Topliss-reactive ketones (excluding diaryl/α,β-unsaturated/α-hetero) is 1. The quantitative estimate of drug-likeness (QED) is 0.795. The van der Waals surface area contributed by atoms with Crippen LogP contribution in [0.3, 0.4) is 0 Å². The molecule has 0 unspecified atom stereocenters. The van der Waals surface area contributed by atoms with Gasteiger partial charge in [0, 0.05) is 17.4 Å². The van der Waals surface area contributed by atoms with Gasteiger partial charge in [0.2, 0.25) is 0 Å². The summed E-state index contributed by atoms with van der Waals surface area (Å²) in [4.78, 5) is 20.2. The molecule has 5 heteroatoms. The van der Waals surface area contributed by atoms with Gasteiger partial charge in [0.15, 0.2) is 5.78 Å². The number of hydrogen-bond donors (Lipinski definition) is 0. The molecule has 0 saturated heterocycles. The fourth-order valence-electron chi connectivity index (χ4n) is 1.56. The molecule has 0 aliphatic carbocycles. The van der Waals surface area contributed by atoms with Gasteiger partial charge in [0.25, 0.3) is 0 Å². The van der Waals surface area contributed by atoms with Crippen LogP contribution in [0.4, 0.5) is 0 Å². The maximum absolute atomic E-state index is 12.1. The average Bonchev–Trinajstić information content (AvgIpc) is 2.40. The molecular formula is C13H11ClN2O2. The van der Waals surface area contributed by atoms with Gasteiger partial charge in [-0.25, -0.2) is 9.97 Å². The van der Waals surface area contributed by atoms with Crippen LogP contribution < -0.4 is 4.74 Å². The van der Waals surface area contributed by atoms with Crippen LogP contribution >= 0.6 is 11.6 Å². The van der Waals surface area contributed by atoms with E-state index in [1.807, 2.05) is 0 Å². The number of hydrogen-bond acceptors (Lipinski definition) is 4. The van der Waals surface area contributed by atoms with Crippen molar-refractivity contribution in [3.05, 3.63) is 53.1 Å². The summed E-state index contributed by atoms with van der Waals surface area (Å²) >= 11 is 5.88. The number of carbonyl (C=O) groups is 1. The zero-order chi connectivity index (χ0) is 13.0. The molecule has 0 aliphatic rings. The zero-order valence-corrected chi connectivity index (χ0v) is 10.5. The molecule has 0 amide bonds. The van der Waals surface area contributed by atoms with E-state index in [1.54, 1.807) is 36.7 Å². The molecule has 1 aromatic heterocycles. The highest BCUT2D eigenvalue weighted by molar-refractivity contribution is 6.31. The van der Waals surface area contributed by atoms with Crippen LogP contribution in [-0.2, 0) is 6.42 Å². The minimum Gasteiger partial charge on any atom is -0.496 e. The van der Waals surface area contributed by atoms with E-state index < -0.39 is 0 Å². The first-order chi connectivity index (χ1) is 8.70. The number of nitrogens with zero attached hydrogens (tertiary/aromatic N) is 2. The van der Waals surface area contributed by atoms with Crippen molar-refractivity contribution >= 4 is 17.4 Å². The van der Waals surface area contributed by atoms with Crippen molar-refractivity contribution in [1.82, 2.24) is 9.97 Å². The standard InChI is InChI=1S/C13H11ClN2O2/c1-18-12-4-3-9(14)7-10(12)11(17)8-13-15-5-2-6-16-13/h2-7H,8H2,1H3. The highest BCUT2D eigenvalue weighted by Crippen LogP contribution is 2.23. The number of aromatic nitrogens is 2. The van der Waals surface area contributed by atoms with Crippen molar-refractivity contribution in [1.29, 1.82) is 0 Å². The SMILES string of the molecule is COc1ccc(Cl)cc1C(=O)Cc1ncccn1. The Bertz CT molecular complexity index is 558. The summed E-state index contributed by atoms with van der Waals surface area (Å²) in [5, 5.41) is 0.494. The van der Waals surface area contributed by atoms with Crippen LogP contribution in [0.15, 0.2) is 36.7 Å². The van der Waals surface area contributed by atoms with Gasteiger partial charge in [-0.15, -0.1) is 0 Å². The Labute approximate surface area is 110 Å². The summed E-state index contributed by atoms with van der Waals surface area (Å²) in [5.74, 6) is 0.852. The predicted molar refractivity (Wildman–Crippen MR) is 68.1 cm³/mol. The lowest BCUT2D eigenvalue weighted by molar-refractivity contribution is 0.0988. The summed E-state index contributed by atoms with van der Waals surface area (Å²) in [6.45, 7) is 0. The molecule has 0 bridgehead atoms. The molecular weight excluding hydrogens is 252 g/mol. The Morgan fingerprint density at radius 1 is 1.33 bits per heavy atom. The molecule has 4 nitrogen and oxygen atoms in total. The van der Waals surface area contributed by atoms with Crippen molar-refractivity contribution < 1.29 is 9.53 Å². The number of rotatable bonds is 4. The molecule has 1 heterocycles. The lowest BCUT2D eigenvalue weighted by Gasteiger charge is -2.07. The predicted octanol–water partition coefficient (Wildman–Crippen LogP) is 2.56. The molecule has 0 spiro atoms. The third-order valence-electron chi connectivity index (χ3n) is 2.40. The molecule has 0 aliphatic heterocycles. The van der Waals surface area contributed by atoms with Crippen LogP contribution in [0.2, 0.25) is 5.02 Å². The number of ether oxygens (including phenoxy) is 1. The normalized spacial score (nSPS) is 10.1. The summed E-state index contributed by atoms with van der Waals surface area (Å²) < 4.78 is 5.14. The Hall–Kier alpha value is -1.94. The summed E-state index contributed by atoms with van der Waals surface area (Å²) in [7, 11) is 1.51. The number of benzene rings is 1. The number of halogens is 1. The molecule has 0 atom stereocenters. The Morgan fingerprint density at radius 2 is 2.06 bits per heavy atom. The molecule has 0 saturated carbocycles. The molecule has 1 aromatic carbocycles. The molecule has 18 heavy (non-hydrogen) atoms. The second kappa shape index (κ2) is 5.60. The first-order valence-electron chi connectivity index (χ1n) is 5.33. The van der Waals surface area contributed by atoms with Crippen LogP contribution in [0.25, 0.3) is 0 Å². The zero-order valence-electron chi connectivity index (χ0n) is 9.76. The van der Waals surface area contributed by atoms with Gasteiger partial charge in [0.1, 0.15) is 11.6 Å². The Kier molecular flexibility index (Phi) is 3.89. The maximum atomic E-state index is 12.1. The van der Waals surface area contributed by atoms with Crippen LogP contribution in [-0.4, -0.2) is 22.9 Å². The molecule has 0 fully saturated rings. The van der Waals surface area contributed by atoms with E-state index in [1.165, 1.54) is 7.11 Å².